The molecule has 0 amide bonds. The van der Waals surface area contributed by atoms with Gasteiger partial charge in [-0.2, -0.15) is 0 Å². The molecule has 0 aliphatic heterocycles. The predicted octanol–water partition coefficient (Wildman–Crippen LogP) is 3.60. The van der Waals surface area contributed by atoms with Gasteiger partial charge >= 0.3 is 0 Å². The van der Waals surface area contributed by atoms with E-state index in [9.17, 15) is 4.79 Å². The van der Waals surface area contributed by atoms with Crippen LogP contribution in [0.15, 0.2) is 36.4 Å². The number of hydrogen-bond acceptors (Lipinski definition) is 1. The summed E-state index contributed by atoms with van der Waals surface area (Å²) in [6.45, 7) is 3.75. The fraction of sp³-hybridized carbons (Fsp3) is 0.214. The van der Waals surface area contributed by atoms with Crippen LogP contribution in [0.2, 0.25) is 0 Å². The summed E-state index contributed by atoms with van der Waals surface area (Å²) in [5.74, 6) is 0.124. The smallest absolute Gasteiger partial charge is 0.159 e. The largest absolute Gasteiger partial charge is 0.295 e. The highest BCUT2D eigenvalue weighted by Crippen LogP contribution is 2.20. The maximum absolute atomic E-state index is 11.2. The summed E-state index contributed by atoms with van der Waals surface area (Å²) >= 11 is 0. The molecular formula is C14H14O. The number of benzene rings is 2. The monoisotopic (exact) mass is 198 g/mol. The number of rotatable bonds is 2. The van der Waals surface area contributed by atoms with Gasteiger partial charge in [0.25, 0.3) is 0 Å². The average Bonchev–Trinajstić information content (AvgIpc) is 2.27. The van der Waals surface area contributed by atoms with E-state index in [0.717, 1.165) is 17.4 Å². The van der Waals surface area contributed by atoms with Crippen LogP contribution in [0.25, 0.3) is 10.8 Å². The van der Waals surface area contributed by atoms with Gasteiger partial charge in [0.05, 0.1) is 0 Å². The number of aryl methyl sites for hydroxylation is 1. The summed E-state index contributed by atoms with van der Waals surface area (Å²) < 4.78 is 0. The Labute approximate surface area is 89.7 Å². The molecule has 76 valence electrons. The molecule has 2 aromatic rings. The minimum atomic E-state index is 0.124. The van der Waals surface area contributed by atoms with Crippen LogP contribution in [0.1, 0.15) is 29.8 Å². The Hall–Kier alpha value is -1.63. The van der Waals surface area contributed by atoms with Crippen LogP contribution in [0.4, 0.5) is 0 Å². The molecule has 0 radical (unpaired) electrons. The molecule has 0 saturated carbocycles. The molecule has 0 bridgehead atoms. The maximum atomic E-state index is 11.2. The topological polar surface area (TPSA) is 17.1 Å². The molecule has 1 heteroatoms. The van der Waals surface area contributed by atoms with Gasteiger partial charge in [-0.15, -0.1) is 0 Å². The van der Waals surface area contributed by atoms with Gasteiger partial charge in [0.15, 0.2) is 5.78 Å². The van der Waals surface area contributed by atoms with Crippen molar-refractivity contribution in [3.8, 4) is 0 Å². The zero-order valence-electron chi connectivity index (χ0n) is 9.08. The van der Waals surface area contributed by atoms with Gasteiger partial charge in [0.2, 0.25) is 0 Å². The van der Waals surface area contributed by atoms with E-state index in [1.807, 2.05) is 24.3 Å². The van der Waals surface area contributed by atoms with Gasteiger partial charge < -0.3 is 0 Å². The molecular weight excluding hydrogens is 184 g/mol. The van der Waals surface area contributed by atoms with Crippen molar-refractivity contribution >= 4 is 16.6 Å². The van der Waals surface area contributed by atoms with Crippen LogP contribution in [-0.4, -0.2) is 5.78 Å². The third-order valence-electron chi connectivity index (χ3n) is 2.76. The first-order chi connectivity index (χ1) is 7.22. The van der Waals surface area contributed by atoms with Crippen molar-refractivity contribution in [2.45, 2.75) is 20.3 Å². The zero-order chi connectivity index (χ0) is 10.8. The second kappa shape index (κ2) is 3.85. The maximum Gasteiger partial charge on any atom is 0.159 e. The molecule has 0 aromatic heterocycles. The number of carbonyl (C=O) groups is 1. The van der Waals surface area contributed by atoms with E-state index in [2.05, 4.69) is 19.1 Å². The lowest BCUT2D eigenvalue weighted by Gasteiger charge is -2.05. The molecule has 0 unspecified atom stereocenters. The fourth-order valence-corrected chi connectivity index (χ4v) is 1.88. The Morgan fingerprint density at radius 2 is 2.00 bits per heavy atom. The van der Waals surface area contributed by atoms with E-state index in [0.29, 0.717) is 0 Å². The van der Waals surface area contributed by atoms with Crippen LogP contribution >= 0.6 is 0 Å². The summed E-state index contributed by atoms with van der Waals surface area (Å²) in [7, 11) is 0. The lowest BCUT2D eigenvalue weighted by Crippen LogP contribution is -1.92. The second-order valence-electron chi connectivity index (χ2n) is 3.76. The molecule has 0 spiro atoms. The number of hydrogen-bond donors (Lipinski definition) is 0. The Balaban J connectivity index is 2.69. The van der Waals surface area contributed by atoms with Gasteiger partial charge in [-0.05, 0) is 35.7 Å². The van der Waals surface area contributed by atoms with Crippen molar-refractivity contribution in [3.63, 3.8) is 0 Å². The molecule has 0 N–H and O–H groups in total. The Bertz CT molecular complexity index is 512. The van der Waals surface area contributed by atoms with E-state index >= 15 is 0 Å². The van der Waals surface area contributed by atoms with Gasteiger partial charge in [-0.1, -0.05) is 37.3 Å². The number of carbonyl (C=O) groups excluding carboxylic acids is 1. The van der Waals surface area contributed by atoms with E-state index in [1.165, 1.54) is 10.9 Å². The van der Waals surface area contributed by atoms with Crippen molar-refractivity contribution in [2.24, 2.45) is 0 Å². The third-order valence-corrected chi connectivity index (χ3v) is 2.76. The summed E-state index contributed by atoms with van der Waals surface area (Å²) in [5.41, 5.74) is 2.12. The van der Waals surface area contributed by atoms with Crippen molar-refractivity contribution in [3.05, 3.63) is 47.5 Å². The van der Waals surface area contributed by atoms with Crippen molar-refractivity contribution in [2.75, 3.05) is 0 Å². The lowest BCUT2D eigenvalue weighted by atomic mass is 10.00. The van der Waals surface area contributed by atoms with Crippen LogP contribution in [-0.2, 0) is 6.42 Å². The standard InChI is InChI=1S/C14H14O/c1-3-11-5-4-6-13-9-12(10(2)15)7-8-14(11)13/h4-9H,3H2,1-2H3. The molecule has 15 heavy (non-hydrogen) atoms. The lowest BCUT2D eigenvalue weighted by molar-refractivity contribution is 0.101. The minimum Gasteiger partial charge on any atom is -0.295 e. The minimum absolute atomic E-state index is 0.124. The fourth-order valence-electron chi connectivity index (χ4n) is 1.88. The SMILES string of the molecule is CCc1cccc2cc(C(C)=O)ccc12. The molecule has 0 atom stereocenters. The van der Waals surface area contributed by atoms with E-state index in [4.69, 9.17) is 0 Å². The predicted molar refractivity (Wildman–Crippen MR) is 63.3 cm³/mol. The first-order valence-corrected chi connectivity index (χ1v) is 5.25. The van der Waals surface area contributed by atoms with Crippen molar-refractivity contribution in [1.82, 2.24) is 0 Å². The molecule has 2 aromatic carbocycles. The summed E-state index contributed by atoms with van der Waals surface area (Å²) in [4.78, 5) is 11.2. The first kappa shape index (κ1) is 9.91. The summed E-state index contributed by atoms with van der Waals surface area (Å²) in [5, 5.41) is 2.41. The van der Waals surface area contributed by atoms with E-state index in [-0.39, 0.29) is 5.78 Å². The number of fused-ring (bicyclic) bond motifs is 1. The van der Waals surface area contributed by atoms with Gasteiger partial charge in [0.1, 0.15) is 0 Å². The Kier molecular flexibility index (Phi) is 2.55. The highest BCUT2D eigenvalue weighted by atomic mass is 16.1. The molecule has 0 heterocycles. The third kappa shape index (κ3) is 1.78. The van der Waals surface area contributed by atoms with Gasteiger partial charge in [-0.3, -0.25) is 4.79 Å². The van der Waals surface area contributed by atoms with Crippen LogP contribution in [0.3, 0.4) is 0 Å². The van der Waals surface area contributed by atoms with E-state index in [1.54, 1.807) is 6.92 Å². The van der Waals surface area contributed by atoms with Gasteiger partial charge in [-0.25, -0.2) is 0 Å². The zero-order valence-corrected chi connectivity index (χ0v) is 9.08. The molecule has 0 aliphatic rings. The first-order valence-electron chi connectivity index (χ1n) is 5.25. The van der Waals surface area contributed by atoms with Crippen molar-refractivity contribution in [1.29, 1.82) is 0 Å². The Morgan fingerprint density at radius 1 is 1.20 bits per heavy atom. The summed E-state index contributed by atoms with van der Waals surface area (Å²) in [6, 6.07) is 12.2. The second-order valence-corrected chi connectivity index (χ2v) is 3.76. The highest BCUT2D eigenvalue weighted by molar-refractivity contribution is 5.99. The number of ketones is 1. The molecule has 0 fully saturated rings. The molecule has 0 aliphatic carbocycles. The summed E-state index contributed by atoms with van der Waals surface area (Å²) in [6.07, 6.45) is 1.02. The van der Waals surface area contributed by atoms with Crippen LogP contribution in [0.5, 0.6) is 0 Å². The van der Waals surface area contributed by atoms with Crippen LogP contribution in [0, 0.1) is 0 Å². The number of Topliss-reactive ketones (excluding diaryl/α,β-unsaturated/α-hetero) is 1. The average molecular weight is 198 g/mol. The Morgan fingerprint density at radius 3 is 2.67 bits per heavy atom. The van der Waals surface area contributed by atoms with Gasteiger partial charge in [0, 0.05) is 5.56 Å². The molecule has 1 nitrogen and oxygen atoms in total. The van der Waals surface area contributed by atoms with Crippen molar-refractivity contribution < 1.29 is 4.79 Å². The molecule has 0 saturated heterocycles. The van der Waals surface area contributed by atoms with Crippen LogP contribution < -0.4 is 0 Å². The molecule has 2 rings (SSSR count). The normalized spacial score (nSPS) is 10.5. The quantitative estimate of drug-likeness (QED) is 0.674. The van der Waals surface area contributed by atoms with E-state index < -0.39 is 0 Å². The highest BCUT2D eigenvalue weighted by Gasteiger charge is 2.02.